The van der Waals surface area contributed by atoms with Gasteiger partial charge >= 0.3 is 0 Å². The molecular formula is C16H13ClINOS. The van der Waals surface area contributed by atoms with Crippen molar-refractivity contribution in [1.82, 2.24) is 4.90 Å². The minimum absolute atomic E-state index is 0.00507. The zero-order valence-electron chi connectivity index (χ0n) is 11.1. The predicted molar refractivity (Wildman–Crippen MR) is 96.8 cm³/mol. The molecule has 0 aliphatic carbocycles. The number of hydrogen-bond donors (Lipinski definition) is 0. The van der Waals surface area contributed by atoms with Gasteiger partial charge in [-0.05, 0) is 52.9 Å². The van der Waals surface area contributed by atoms with Crippen LogP contribution >= 0.6 is 46.0 Å². The lowest BCUT2D eigenvalue weighted by Crippen LogP contribution is -2.30. The number of nitrogens with zero attached hydrogens (tertiary/aromatic N) is 1. The van der Waals surface area contributed by atoms with Crippen molar-refractivity contribution in [3.05, 3.63) is 68.3 Å². The molecule has 1 atom stereocenters. The molecule has 0 saturated carbocycles. The van der Waals surface area contributed by atoms with Gasteiger partial charge in [0.05, 0.1) is 0 Å². The van der Waals surface area contributed by atoms with Crippen LogP contribution in [0.4, 0.5) is 0 Å². The summed E-state index contributed by atoms with van der Waals surface area (Å²) in [5, 5.41) is 0.725. The van der Waals surface area contributed by atoms with Crippen LogP contribution in [0, 0.1) is 3.57 Å². The van der Waals surface area contributed by atoms with Crippen molar-refractivity contribution in [2.75, 3.05) is 12.3 Å². The van der Waals surface area contributed by atoms with Gasteiger partial charge in [0, 0.05) is 32.0 Å². The zero-order valence-corrected chi connectivity index (χ0v) is 14.9. The SMILES string of the molecule is O=C(c1ccc(I)cc1)N1CCSC1c1ccccc1Cl. The summed E-state index contributed by atoms with van der Waals surface area (Å²) in [6, 6.07) is 15.4. The molecule has 0 aromatic heterocycles. The standard InChI is InChI=1S/C16H13ClINOS/c17-14-4-2-1-3-13(14)16-19(9-10-21-16)15(20)11-5-7-12(18)8-6-11/h1-8,16H,9-10H2. The van der Waals surface area contributed by atoms with Gasteiger partial charge < -0.3 is 4.90 Å². The molecule has 5 heteroatoms. The minimum atomic E-state index is 0.00507. The first kappa shape index (κ1) is 15.2. The third-order valence-corrected chi connectivity index (χ3v) is 5.72. The molecule has 3 rings (SSSR count). The van der Waals surface area contributed by atoms with Gasteiger partial charge in [-0.25, -0.2) is 0 Å². The molecule has 1 aliphatic heterocycles. The topological polar surface area (TPSA) is 20.3 Å². The van der Waals surface area contributed by atoms with Crippen LogP contribution in [0.2, 0.25) is 5.02 Å². The summed E-state index contributed by atoms with van der Waals surface area (Å²) < 4.78 is 1.13. The average molecular weight is 430 g/mol. The molecule has 0 N–H and O–H groups in total. The van der Waals surface area contributed by atoms with Gasteiger partial charge in [0.1, 0.15) is 5.37 Å². The second kappa shape index (κ2) is 6.58. The second-order valence-corrected chi connectivity index (χ2v) is 7.59. The summed E-state index contributed by atoms with van der Waals surface area (Å²) in [6.07, 6.45) is 0. The monoisotopic (exact) mass is 429 g/mol. The van der Waals surface area contributed by atoms with Gasteiger partial charge in [0.2, 0.25) is 0 Å². The molecule has 0 spiro atoms. The highest BCUT2D eigenvalue weighted by molar-refractivity contribution is 14.1. The highest BCUT2D eigenvalue weighted by Gasteiger charge is 2.32. The number of amides is 1. The molecule has 1 unspecified atom stereocenters. The second-order valence-electron chi connectivity index (χ2n) is 4.75. The van der Waals surface area contributed by atoms with E-state index >= 15 is 0 Å². The Morgan fingerprint density at radius 3 is 2.62 bits per heavy atom. The van der Waals surface area contributed by atoms with Gasteiger partial charge in [-0.3, -0.25) is 4.79 Å². The summed E-state index contributed by atoms with van der Waals surface area (Å²) in [5.41, 5.74) is 1.75. The highest BCUT2D eigenvalue weighted by Crippen LogP contribution is 2.41. The molecule has 2 nitrogen and oxygen atoms in total. The van der Waals surface area contributed by atoms with Crippen molar-refractivity contribution >= 4 is 51.9 Å². The first-order chi connectivity index (χ1) is 10.2. The summed E-state index contributed by atoms with van der Waals surface area (Å²) in [6.45, 7) is 0.755. The summed E-state index contributed by atoms with van der Waals surface area (Å²) in [4.78, 5) is 14.6. The Morgan fingerprint density at radius 2 is 1.90 bits per heavy atom. The van der Waals surface area contributed by atoms with Gasteiger partial charge in [0.15, 0.2) is 0 Å². The third kappa shape index (κ3) is 3.22. The van der Waals surface area contributed by atoms with Crippen LogP contribution < -0.4 is 0 Å². The Balaban J connectivity index is 1.89. The van der Waals surface area contributed by atoms with E-state index in [1.165, 1.54) is 0 Å². The fourth-order valence-electron chi connectivity index (χ4n) is 2.37. The first-order valence-corrected chi connectivity index (χ1v) is 9.10. The number of carbonyl (C=O) groups excluding carboxylic acids is 1. The van der Waals surface area contributed by atoms with E-state index < -0.39 is 0 Å². The van der Waals surface area contributed by atoms with E-state index in [2.05, 4.69) is 22.6 Å². The van der Waals surface area contributed by atoms with Gasteiger partial charge in [-0.2, -0.15) is 0 Å². The zero-order chi connectivity index (χ0) is 14.8. The summed E-state index contributed by atoms with van der Waals surface area (Å²) >= 11 is 10.3. The van der Waals surface area contributed by atoms with Crippen molar-refractivity contribution in [2.24, 2.45) is 0 Å². The molecular weight excluding hydrogens is 417 g/mol. The van der Waals surface area contributed by atoms with Crippen molar-refractivity contribution < 1.29 is 4.79 Å². The van der Waals surface area contributed by atoms with Crippen LogP contribution in [0.3, 0.4) is 0 Å². The fourth-order valence-corrected chi connectivity index (χ4v) is 4.32. The molecule has 2 aromatic rings. The van der Waals surface area contributed by atoms with Crippen molar-refractivity contribution in [3.8, 4) is 0 Å². The number of carbonyl (C=O) groups is 1. The van der Waals surface area contributed by atoms with Crippen molar-refractivity contribution in [1.29, 1.82) is 0 Å². The van der Waals surface area contributed by atoms with Crippen LogP contribution in [0.15, 0.2) is 48.5 Å². The van der Waals surface area contributed by atoms with Crippen LogP contribution in [-0.4, -0.2) is 23.1 Å². The van der Waals surface area contributed by atoms with E-state index in [0.29, 0.717) is 0 Å². The molecule has 21 heavy (non-hydrogen) atoms. The largest absolute Gasteiger partial charge is 0.322 e. The molecule has 2 aromatic carbocycles. The Hall–Kier alpha value is -0.720. The predicted octanol–water partition coefficient (Wildman–Crippen LogP) is 4.83. The Morgan fingerprint density at radius 1 is 1.19 bits per heavy atom. The molecule has 1 fully saturated rings. The number of rotatable bonds is 2. The molecule has 108 valence electrons. The lowest BCUT2D eigenvalue weighted by Gasteiger charge is -2.25. The molecule has 0 bridgehead atoms. The van der Waals surface area contributed by atoms with Crippen LogP contribution in [0.1, 0.15) is 21.3 Å². The van der Waals surface area contributed by atoms with Crippen molar-refractivity contribution in [3.63, 3.8) is 0 Å². The Kier molecular flexibility index (Phi) is 4.76. The third-order valence-electron chi connectivity index (χ3n) is 3.41. The lowest BCUT2D eigenvalue weighted by atomic mass is 10.1. The van der Waals surface area contributed by atoms with Crippen LogP contribution in [-0.2, 0) is 0 Å². The van der Waals surface area contributed by atoms with E-state index in [-0.39, 0.29) is 11.3 Å². The fraction of sp³-hybridized carbons (Fsp3) is 0.188. The van der Waals surface area contributed by atoms with E-state index in [1.54, 1.807) is 11.8 Å². The molecule has 1 saturated heterocycles. The molecule has 1 heterocycles. The smallest absolute Gasteiger partial charge is 0.255 e. The first-order valence-electron chi connectivity index (χ1n) is 6.59. The van der Waals surface area contributed by atoms with E-state index in [9.17, 15) is 4.79 Å². The summed E-state index contributed by atoms with van der Waals surface area (Å²) in [5.74, 6) is 1.01. The van der Waals surface area contributed by atoms with Gasteiger partial charge in [-0.15, -0.1) is 11.8 Å². The van der Waals surface area contributed by atoms with Gasteiger partial charge in [-0.1, -0.05) is 29.8 Å². The molecule has 1 amide bonds. The number of halogens is 2. The number of hydrogen-bond acceptors (Lipinski definition) is 2. The molecule has 0 radical (unpaired) electrons. The van der Waals surface area contributed by atoms with E-state index in [1.807, 2.05) is 53.4 Å². The van der Waals surface area contributed by atoms with E-state index in [0.717, 1.165) is 32.0 Å². The van der Waals surface area contributed by atoms with Crippen LogP contribution in [0.5, 0.6) is 0 Å². The highest BCUT2D eigenvalue weighted by atomic mass is 127. The Labute approximate surface area is 147 Å². The maximum atomic E-state index is 12.7. The normalized spacial score (nSPS) is 18.0. The maximum absolute atomic E-state index is 12.7. The maximum Gasteiger partial charge on any atom is 0.255 e. The molecule has 1 aliphatic rings. The van der Waals surface area contributed by atoms with Crippen LogP contribution in [0.25, 0.3) is 0 Å². The van der Waals surface area contributed by atoms with E-state index in [4.69, 9.17) is 11.6 Å². The Bertz CT molecular complexity index is 662. The summed E-state index contributed by atoms with van der Waals surface area (Å²) in [7, 11) is 0. The minimum Gasteiger partial charge on any atom is -0.322 e. The average Bonchev–Trinajstić information content (AvgIpc) is 2.97. The quantitative estimate of drug-likeness (QED) is 0.637. The number of benzene rings is 2. The van der Waals surface area contributed by atoms with Gasteiger partial charge in [0.25, 0.3) is 5.91 Å². The lowest BCUT2D eigenvalue weighted by molar-refractivity contribution is 0.0760. The number of thioether (sulfide) groups is 1. The van der Waals surface area contributed by atoms with Crippen molar-refractivity contribution in [2.45, 2.75) is 5.37 Å².